The van der Waals surface area contributed by atoms with E-state index in [0.717, 1.165) is 23.0 Å². The molecule has 0 aromatic heterocycles. The first kappa shape index (κ1) is 15.0. The van der Waals surface area contributed by atoms with Gasteiger partial charge in [-0.25, -0.2) is 0 Å². The number of carbonyl (C=O) groups excluding carboxylic acids is 2. The third-order valence-electron chi connectivity index (χ3n) is 3.18. The summed E-state index contributed by atoms with van der Waals surface area (Å²) in [6.45, 7) is 1.47. The largest absolute Gasteiger partial charge is 0.390 e. The average molecular weight is 295 g/mol. The lowest BCUT2D eigenvalue weighted by atomic mass is 9.99. The van der Waals surface area contributed by atoms with Gasteiger partial charge in [-0.2, -0.15) is 0 Å². The number of hydrogen-bond acceptors (Lipinski definition) is 5. The number of aliphatic hydroxyl groups excluding tert-OH is 2. The minimum Gasteiger partial charge on any atom is -0.390 e. The number of nitrogens with one attached hydrogen (secondary N) is 1. The summed E-state index contributed by atoms with van der Waals surface area (Å²) in [5.41, 5.74) is 2.17. The Morgan fingerprint density at radius 2 is 2.20 bits per heavy atom. The highest BCUT2D eigenvalue weighted by Crippen LogP contribution is 2.28. The lowest BCUT2D eigenvalue weighted by Gasteiger charge is -2.18. The van der Waals surface area contributed by atoms with Crippen LogP contribution in [0.1, 0.15) is 30.6 Å². The third kappa shape index (κ3) is 3.59. The molecule has 1 aliphatic rings. The van der Waals surface area contributed by atoms with Gasteiger partial charge < -0.3 is 15.5 Å². The zero-order valence-corrected chi connectivity index (χ0v) is 11.9. The number of anilines is 1. The molecule has 1 aromatic rings. The molecule has 0 radical (unpaired) electrons. The molecule has 0 saturated heterocycles. The van der Waals surface area contributed by atoms with Crippen LogP contribution >= 0.6 is 11.8 Å². The molecule has 108 valence electrons. The summed E-state index contributed by atoms with van der Waals surface area (Å²) in [7, 11) is 0. The van der Waals surface area contributed by atoms with Gasteiger partial charge in [0.05, 0.1) is 12.5 Å². The van der Waals surface area contributed by atoms with Crippen molar-refractivity contribution in [3.05, 3.63) is 29.3 Å². The number of rotatable bonds is 5. The molecule has 0 fully saturated rings. The highest BCUT2D eigenvalue weighted by molar-refractivity contribution is 8.13. The topological polar surface area (TPSA) is 86.6 Å². The molecule has 1 heterocycles. The molecule has 3 N–H and O–H groups in total. The van der Waals surface area contributed by atoms with Crippen LogP contribution in [0.2, 0.25) is 0 Å². The van der Waals surface area contributed by atoms with Crippen LogP contribution < -0.4 is 5.32 Å². The van der Waals surface area contributed by atoms with Gasteiger partial charge in [0.25, 0.3) is 0 Å². The second kappa shape index (κ2) is 6.39. The van der Waals surface area contributed by atoms with Crippen molar-refractivity contribution in [1.29, 1.82) is 0 Å². The maximum absolute atomic E-state index is 11.3. The molecule has 0 spiro atoms. The Morgan fingerprint density at radius 3 is 2.90 bits per heavy atom. The quantitative estimate of drug-likeness (QED) is 0.761. The van der Waals surface area contributed by atoms with Crippen molar-refractivity contribution < 1.29 is 19.8 Å². The van der Waals surface area contributed by atoms with E-state index in [9.17, 15) is 19.8 Å². The Hall–Kier alpha value is -1.37. The monoisotopic (exact) mass is 295 g/mol. The molecule has 0 bridgehead atoms. The lowest BCUT2D eigenvalue weighted by Crippen LogP contribution is -2.19. The average Bonchev–Trinajstić information content (AvgIpc) is 2.76. The van der Waals surface area contributed by atoms with Crippen molar-refractivity contribution >= 4 is 28.5 Å². The van der Waals surface area contributed by atoms with E-state index in [2.05, 4.69) is 5.32 Å². The van der Waals surface area contributed by atoms with Crippen molar-refractivity contribution in [2.75, 3.05) is 11.1 Å². The number of thioether (sulfide) groups is 1. The van der Waals surface area contributed by atoms with E-state index in [4.69, 9.17) is 0 Å². The van der Waals surface area contributed by atoms with Crippen LogP contribution in [0.5, 0.6) is 0 Å². The zero-order valence-electron chi connectivity index (χ0n) is 11.1. The van der Waals surface area contributed by atoms with E-state index in [1.807, 2.05) is 0 Å². The second-order valence-corrected chi connectivity index (χ2v) is 6.05. The summed E-state index contributed by atoms with van der Waals surface area (Å²) in [6, 6.07) is 5.16. The fourth-order valence-electron chi connectivity index (χ4n) is 2.14. The molecule has 1 amide bonds. The number of carbonyl (C=O) groups is 2. The van der Waals surface area contributed by atoms with Gasteiger partial charge in [0.15, 0.2) is 5.12 Å². The summed E-state index contributed by atoms with van der Waals surface area (Å²) in [5, 5.41) is 22.7. The van der Waals surface area contributed by atoms with Crippen LogP contribution in [-0.4, -0.2) is 33.1 Å². The van der Waals surface area contributed by atoms with E-state index >= 15 is 0 Å². The van der Waals surface area contributed by atoms with E-state index in [1.54, 1.807) is 18.2 Å². The van der Waals surface area contributed by atoms with Gasteiger partial charge in [0.2, 0.25) is 5.91 Å². The number of amides is 1. The molecule has 5 nitrogen and oxygen atoms in total. The number of fused-ring (bicyclic) bond motifs is 1. The van der Waals surface area contributed by atoms with Crippen molar-refractivity contribution in [3.63, 3.8) is 0 Å². The Bertz CT molecular complexity index is 532. The summed E-state index contributed by atoms with van der Waals surface area (Å²) in [5.74, 6) is 0.406. The first-order valence-electron chi connectivity index (χ1n) is 6.39. The molecule has 0 aliphatic carbocycles. The van der Waals surface area contributed by atoms with Gasteiger partial charge in [0, 0.05) is 18.4 Å². The van der Waals surface area contributed by atoms with E-state index in [-0.39, 0.29) is 11.0 Å². The summed E-state index contributed by atoms with van der Waals surface area (Å²) in [6.07, 6.45) is -1.31. The highest BCUT2D eigenvalue weighted by atomic mass is 32.2. The van der Waals surface area contributed by atoms with Crippen LogP contribution in [0.15, 0.2) is 18.2 Å². The van der Waals surface area contributed by atoms with Gasteiger partial charge in [-0.05, 0) is 23.6 Å². The summed E-state index contributed by atoms with van der Waals surface area (Å²) < 4.78 is 0. The van der Waals surface area contributed by atoms with Crippen molar-refractivity contribution in [1.82, 2.24) is 0 Å². The Morgan fingerprint density at radius 1 is 1.45 bits per heavy atom. The fourth-order valence-corrected chi connectivity index (χ4v) is 2.78. The van der Waals surface area contributed by atoms with E-state index in [0.29, 0.717) is 24.2 Å². The summed E-state index contributed by atoms with van der Waals surface area (Å²) in [4.78, 5) is 22.1. The minimum atomic E-state index is -1.01. The van der Waals surface area contributed by atoms with Crippen LogP contribution in [0.4, 0.5) is 5.69 Å². The number of aliphatic hydroxyl groups is 2. The first-order chi connectivity index (χ1) is 9.47. The molecule has 2 rings (SSSR count). The molecular weight excluding hydrogens is 278 g/mol. The summed E-state index contributed by atoms with van der Waals surface area (Å²) >= 11 is 1.13. The first-order valence-corrected chi connectivity index (χ1v) is 7.38. The second-order valence-electron chi connectivity index (χ2n) is 4.78. The number of benzene rings is 1. The smallest absolute Gasteiger partial charge is 0.228 e. The molecule has 1 aromatic carbocycles. The van der Waals surface area contributed by atoms with Crippen LogP contribution in [0.3, 0.4) is 0 Å². The van der Waals surface area contributed by atoms with Gasteiger partial charge in [-0.1, -0.05) is 23.9 Å². The van der Waals surface area contributed by atoms with E-state index < -0.39 is 12.2 Å². The van der Waals surface area contributed by atoms with Gasteiger partial charge in [0.1, 0.15) is 6.10 Å². The Labute approximate surface area is 121 Å². The van der Waals surface area contributed by atoms with Crippen LogP contribution in [0, 0.1) is 0 Å². The Kier molecular flexibility index (Phi) is 4.80. The predicted octanol–water partition coefficient (Wildman–Crippen LogP) is 1.25. The minimum absolute atomic E-state index is 0.00573. The molecular formula is C14H17NO4S. The maximum atomic E-state index is 11.3. The van der Waals surface area contributed by atoms with Crippen molar-refractivity contribution in [2.45, 2.75) is 32.0 Å². The van der Waals surface area contributed by atoms with E-state index in [1.165, 1.54) is 6.92 Å². The molecule has 1 aliphatic heterocycles. The SMILES string of the molecule is CC(=O)SCCC(O)C(O)c1ccc2c(c1)CC(=O)N2. The van der Waals surface area contributed by atoms with Crippen molar-refractivity contribution in [3.8, 4) is 0 Å². The van der Waals surface area contributed by atoms with Gasteiger partial charge >= 0.3 is 0 Å². The molecule has 6 heteroatoms. The fraction of sp³-hybridized carbons (Fsp3) is 0.429. The number of hydrogen-bond donors (Lipinski definition) is 3. The third-order valence-corrected chi connectivity index (χ3v) is 4.03. The van der Waals surface area contributed by atoms with Gasteiger partial charge in [-0.3, -0.25) is 9.59 Å². The van der Waals surface area contributed by atoms with Gasteiger partial charge in [-0.15, -0.1) is 0 Å². The standard InChI is InChI=1S/C14H17NO4S/c1-8(16)20-5-4-12(17)14(19)9-2-3-11-10(6-9)7-13(18)15-11/h2-3,6,12,14,17,19H,4-5,7H2,1H3,(H,15,18). The maximum Gasteiger partial charge on any atom is 0.228 e. The molecule has 2 atom stereocenters. The molecule has 0 saturated carbocycles. The normalized spacial score (nSPS) is 16.4. The predicted molar refractivity (Wildman–Crippen MR) is 77.5 cm³/mol. The van der Waals surface area contributed by atoms with Crippen molar-refractivity contribution in [2.24, 2.45) is 0 Å². The highest BCUT2D eigenvalue weighted by Gasteiger charge is 2.22. The zero-order chi connectivity index (χ0) is 14.7. The lowest BCUT2D eigenvalue weighted by molar-refractivity contribution is -0.115. The van der Waals surface area contributed by atoms with Crippen LogP contribution in [-0.2, 0) is 16.0 Å². The molecule has 2 unspecified atom stereocenters. The molecule has 20 heavy (non-hydrogen) atoms. The Balaban J connectivity index is 1.98. The van der Waals surface area contributed by atoms with Crippen LogP contribution in [0.25, 0.3) is 0 Å².